The summed E-state index contributed by atoms with van der Waals surface area (Å²) in [6.07, 6.45) is 14.6. The molecule has 1 aromatic rings. The number of likely N-dealkylation sites (tertiary alicyclic amines) is 1. The van der Waals surface area contributed by atoms with E-state index in [4.69, 9.17) is 0 Å². The molecule has 1 aromatic carbocycles. The fraction of sp³-hybridized carbons (Fsp3) is 0.667. The highest BCUT2D eigenvalue weighted by atomic mass is 15.2. The van der Waals surface area contributed by atoms with E-state index < -0.39 is 0 Å². The summed E-state index contributed by atoms with van der Waals surface area (Å²) in [5.41, 5.74) is 2.86. The van der Waals surface area contributed by atoms with E-state index in [2.05, 4.69) is 60.2 Å². The van der Waals surface area contributed by atoms with Crippen LogP contribution in [0.5, 0.6) is 0 Å². The van der Waals surface area contributed by atoms with Crippen molar-refractivity contribution in [3.8, 4) is 0 Å². The zero-order valence-electron chi connectivity index (χ0n) is 16.7. The molecule has 2 aliphatic heterocycles. The third kappa shape index (κ3) is 4.01. The molecule has 2 heterocycles. The van der Waals surface area contributed by atoms with Gasteiger partial charge >= 0.3 is 0 Å². The third-order valence-electron chi connectivity index (χ3n) is 7.37. The van der Waals surface area contributed by atoms with Crippen molar-refractivity contribution in [1.82, 2.24) is 9.80 Å². The van der Waals surface area contributed by atoms with E-state index >= 15 is 0 Å². The highest BCUT2D eigenvalue weighted by molar-refractivity contribution is 5.55. The van der Waals surface area contributed by atoms with Crippen LogP contribution in [0.2, 0.25) is 0 Å². The van der Waals surface area contributed by atoms with Crippen LogP contribution >= 0.6 is 0 Å². The molecule has 0 amide bonds. The number of nitrogens with zero attached hydrogens (tertiary/aromatic N) is 2. The molecule has 4 rings (SSSR count). The summed E-state index contributed by atoms with van der Waals surface area (Å²) >= 11 is 0. The molecule has 0 spiro atoms. The third-order valence-corrected chi connectivity index (χ3v) is 7.37. The molecule has 2 heteroatoms. The number of piperidine rings is 1. The molecular formula is C24H36N2. The van der Waals surface area contributed by atoms with Crippen LogP contribution in [0.3, 0.4) is 0 Å². The van der Waals surface area contributed by atoms with E-state index in [9.17, 15) is 0 Å². The average Bonchev–Trinajstić information content (AvgIpc) is 2.71. The summed E-state index contributed by atoms with van der Waals surface area (Å²) in [6.45, 7) is 8.65. The van der Waals surface area contributed by atoms with E-state index in [0.717, 1.165) is 24.4 Å². The second-order valence-corrected chi connectivity index (χ2v) is 9.05. The van der Waals surface area contributed by atoms with Gasteiger partial charge in [0.1, 0.15) is 0 Å². The van der Waals surface area contributed by atoms with Gasteiger partial charge in [-0.25, -0.2) is 0 Å². The molecule has 1 aliphatic carbocycles. The predicted molar refractivity (Wildman–Crippen MR) is 111 cm³/mol. The minimum Gasteiger partial charge on any atom is -0.370 e. The molecule has 1 saturated heterocycles. The van der Waals surface area contributed by atoms with Gasteiger partial charge in [0.25, 0.3) is 0 Å². The normalized spacial score (nSPS) is 28.3. The second kappa shape index (κ2) is 8.17. The van der Waals surface area contributed by atoms with Crippen LogP contribution in [0.15, 0.2) is 30.5 Å². The van der Waals surface area contributed by atoms with Crippen LogP contribution in [-0.4, -0.2) is 35.0 Å². The molecule has 2 fully saturated rings. The quantitative estimate of drug-likeness (QED) is 0.686. The molecule has 3 aliphatic rings. The Labute approximate surface area is 160 Å². The van der Waals surface area contributed by atoms with E-state index in [-0.39, 0.29) is 0 Å². The van der Waals surface area contributed by atoms with Gasteiger partial charge in [-0.15, -0.1) is 0 Å². The smallest absolute Gasteiger partial charge is 0.0432 e. The van der Waals surface area contributed by atoms with Gasteiger partial charge in [0, 0.05) is 31.4 Å². The van der Waals surface area contributed by atoms with Crippen molar-refractivity contribution < 1.29 is 0 Å². The van der Waals surface area contributed by atoms with E-state index in [1.54, 1.807) is 0 Å². The van der Waals surface area contributed by atoms with Gasteiger partial charge in [-0.05, 0) is 75.1 Å². The summed E-state index contributed by atoms with van der Waals surface area (Å²) in [7, 11) is 0. The maximum atomic E-state index is 2.81. The Morgan fingerprint density at radius 3 is 2.62 bits per heavy atom. The molecule has 1 saturated carbocycles. The topological polar surface area (TPSA) is 6.48 Å². The van der Waals surface area contributed by atoms with Crippen LogP contribution in [0.4, 0.5) is 0 Å². The number of rotatable bonds is 5. The van der Waals surface area contributed by atoms with Gasteiger partial charge in [0.05, 0.1) is 0 Å². The van der Waals surface area contributed by atoms with Crippen molar-refractivity contribution in [3.05, 3.63) is 41.6 Å². The van der Waals surface area contributed by atoms with Crippen LogP contribution in [0.1, 0.15) is 69.9 Å². The Kier molecular flexibility index (Phi) is 5.69. The highest BCUT2D eigenvalue weighted by Crippen LogP contribution is 2.37. The van der Waals surface area contributed by atoms with Crippen molar-refractivity contribution in [2.45, 2.75) is 77.4 Å². The first-order valence-corrected chi connectivity index (χ1v) is 11.0. The lowest BCUT2D eigenvalue weighted by Gasteiger charge is -2.44. The van der Waals surface area contributed by atoms with Crippen molar-refractivity contribution in [2.24, 2.45) is 11.8 Å². The first-order valence-electron chi connectivity index (χ1n) is 11.0. The van der Waals surface area contributed by atoms with Gasteiger partial charge in [0.2, 0.25) is 0 Å². The molecular weight excluding hydrogens is 316 g/mol. The molecule has 142 valence electrons. The van der Waals surface area contributed by atoms with E-state index in [1.165, 1.54) is 69.2 Å². The Bertz CT molecular complexity index is 622. The van der Waals surface area contributed by atoms with Crippen molar-refractivity contribution in [2.75, 3.05) is 13.1 Å². The van der Waals surface area contributed by atoms with Gasteiger partial charge in [-0.2, -0.15) is 0 Å². The minimum absolute atomic E-state index is 0.620. The highest BCUT2D eigenvalue weighted by Gasteiger charge is 2.32. The second-order valence-electron chi connectivity index (χ2n) is 9.05. The molecule has 26 heavy (non-hydrogen) atoms. The number of hydrogen-bond acceptors (Lipinski definition) is 2. The summed E-state index contributed by atoms with van der Waals surface area (Å²) in [5, 5.41) is 0. The van der Waals surface area contributed by atoms with E-state index in [0.29, 0.717) is 6.04 Å². The van der Waals surface area contributed by atoms with Gasteiger partial charge < -0.3 is 9.80 Å². The first-order chi connectivity index (χ1) is 12.7. The zero-order chi connectivity index (χ0) is 17.9. The fourth-order valence-corrected chi connectivity index (χ4v) is 5.43. The average molecular weight is 353 g/mol. The molecule has 0 radical (unpaired) electrons. The largest absolute Gasteiger partial charge is 0.370 e. The van der Waals surface area contributed by atoms with Crippen LogP contribution in [0, 0.1) is 11.8 Å². The first kappa shape index (κ1) is 18.1. The van der Waals surface area contributed by atoms with E-state index in [1.807, 2.05) is 0 Å². The van der Waals surface area contributed by atoms with Gasteiger partial charge in [-0.1, -0.05) is 43.5 Å². The molecule has 0 N–H and O–H groups in total. The summed E-state index contributed by atoms with van der Waals surface area (Å²) in [5.74, 6) is 2.04. The Hall–Kier alpha value is -1.28. The SMILES string of the molecule is CC(CCC(C)N1CCC2CCCCC2C1)N1C=Cc2ccccc2C1. The molecule has 4 atom stereocenters. The maximum absolute atomic E-state index is 2.81. The zero-order valence-corrected chi connectivity index (χ0v) is 16.7. The Balaban J connectivity index is 1.26. The fourth-order valence-electron chi connectivity index (χ4n) is 5.43. The Morgan fingerprint density at radius 2 is 1.73 bits per heavy atom. The maximum Gasteiger partial charge on any atom is 0.0432 e. The van der Waals surface area contributed by atoms with Crippen molar-refractivity contribution in [3.63, 3.8) is 0 Å². The monoisotopic (exact) mass is 352 g/mol. The summed E-state index contributed by atoms with van der Waals surface area (Å²) in [4.78, 5) is 5.34. The van der Waals surface area contributed by atoms with Crippen LogP contribution in [-0.2, 0) is 6.54 Å². The lowest BCUT2D eigenvalue weighted by atomic mass is 9.75. The molecule has 0 bridgehead atoms. The molecule has 4 unspecified atom stereocenters. The lowest BCUT2D eigenvalue weighted by Crippen LogP contribution is -2.46. The summed E-state index contributed by atoms with van der Waals surface area (Å²) < 4.78 is 0. The minimum atomic E-state index is 0.620. The summed E-state index contributed by atoms with van der Waals surface area (Å²) in [6, 6.07) is 10.2. The number of benzene rings is 1. The van der Waals surface area contributed by atoms with Crippen molar-refractivity contribution >= 4 is 6.08 Å². The van der Waals surface area contributed by atoms with Crippen LogP contribution < -0.4 is 0 Å². The predicted octanol–water partition coefficient (Wildman–Crippen LogP) is 5.54. The number of fused-ring (bicyclic) bond motifs is 2. The van der Waals surface area contributed by atoms with Crippen molar-refractivity contribution in [1.29, 1.82) is 0 Å². The van der Waals surface area contributed by atoms with Gasteiger partial charge in [0.15, 0.2) is 0 Å². The van der Waals surface area contributed by atoms with Crippen LogP contribution in [0.25, 0.3) is 6.08 Å². The lowest BCUT2D eigenvalue weighted by molar-refractivity contribution is 0.0566. The standard InChI is InChI=1S/C24H36N2/c1-19(25-15-13-21-7-3-5-9-23(21)17-25)11-12-20(2)26-16-14-22-8-4-6-10-24(22)18-26/h3,5,7,9,13,15,19-20,22,24H,4,6,8,10-12,14,16-18H2,1-2H3. The van der Waals surface area contributed by atoms with Gasteiger partial charge in [-0.3, -0.25) is 0 Å². The molecule has 0 aromatic heterocycles. The molecule has 2 nitrogen and oxygen atoms in total. The number of hydrogen-bond donors (Lipinski definition) is 0. The Morgan fingerprint density at radius 1 is 0.962 bits per heavy atom.